The molecule has 1 aliphatic rings. The molecular weight excluding hydrogens is 296 g/mol. The molecule has 0 bridgehead atoms. The van der Waals surface area contributed by atoms with E-state index in [0.717, 1.165) is 11.1 Å². The Morgan fingerprint density at radius 3 is 2.70 bits per heavy atom. The van der Waals surface area contributed by atoms with Crippen molar-refractivity contribution >= 4 is 0 Å². The zero-order valence-electron chi connectivity index (χ0n) is 13.2. The minimum Gasteiger partial charge on any atom is -0.508 e. The molecule has 0 aromatic heterocycles. The molecule has 0 saturated carbocycles. The Balaban J connectivity index is 1.96. The van der Waals surface area contributed by atoms with E-state index in [-0.39, 0.29) is 23.7 Å². The summed E-state index contributed by atoms with van der Waals surface area (Å²) in [6.07, 6.45) is 0.159. The fraction of sp³-hybridized carbons (Fsp3) is 0.333. The second-order valence-electron chi connectivity index (χ2n) is 5.46. The molecular formula is C18H20O5. The standard InChI is InChI=1S/C18H20O5/c1-3-22-17-9-11-4-6-13(19)10-16(11)23-18(17)12-5-7-15(21-2)14(20)8-12/h4-8,10,17-20H,3,9H2,1-2H3/t17-,18+/m1/s1. The van der Waals surface area contributed by atoms with Crippen LogP contribution in [0.5, 0.6) is 23.0 Å². The molecule has 23 heavy (non-hydrogen) atoms. The van der Waals surface area contributed by atoms with Crippen molar-refractivity contribution in [2.24, 2.45) is 0 Å². The first-order valence-corrected chi connectivity index (χ1v) is 7.59. The molecule has 0 fully saturated rings. The molecule has 3 rings (SSSR count). The monoisotopic (exact) mass is 316 g/mol. The van der Waals surface area contributed by atoms with Crippen LogP contribution in [0.1, 0.15) is 24.2 Å². The van der Waals surface area contributed by atoms with Gasteiger partial charge in [-0.15, -0.1) is 0 Å². The average molecular weight is 316 g/mol. The molecule has 0 unspecified atom stereocenters. The minimum atomic E-state index is -0.360. The van der Waals surface area contributed by atoms with Gasteiger partial charge in [0.1, 0.15) is 17.6 Å². The van der Waals surface area contributed by atoms with Crippen LogP contribution in [0, 0.1) is 0 Å². The zero-order valence-corrected chi connectivity index (χ0v) is 13.2. The maximum atomic E-state index is 10.0. The number of ether oxygens (including phenoxy) is 3. The number of fused-ring (bicyclic) bond motifs is 1. The second kappa shape index (κ2) is 6.38. The van der Waals surface area contributed by atoms with Crippen molar-refractivity contribution < 1.29 is 24.4 Å². The maximum Gasteiger partial charge on any atom is 0.160 e. The van der Waals surface area contributed by atoms with Crippen LogP contribution >= 0.6 is 0 Å². The first kappa shape index (κ1) is 15.5. The molecule has 2 aromatic carbocycles. The van der Waals surface area contributed by atoms with Crippen LogP contribution in [0.2, 0.25) is 0 Å². The molecule has 1 heterocycles. The molecule has 2 atom stereocenters. The van der Waals surface area contributed by atoms with E-state index in [1.54, 1.807) is 24.3 Å². The van der Waals surface area contributed by atoms with Gasteiger partial charge in [-0.05, 0) is 36.2 Å². The van der Waals surface area contributed by atoms with Crippen LogP contribution in [0.25, 0.3) is 0 Å². The van der Waals surface area contributed by atoms with E-state index in [1.807, 2.05) is 19.1 Å². The first-order valence-electron chi connectivity index (χ1n) is 7.59. The van der Waals surface area contributed by atoms with Crippen LogP contribution < -0.4 is 9.47 Å². The minimum absolute atomic E-state index is 0.0607. The van der Waals surface area contributed by atoms with Crippen molar-refractivity contribution in [3.05, 3.63) is 47.5 Å². The highest BCUT2D eigenvalue weighted by molar-refractivity contribution is 5.46. The summed E-state index contributed by atoms with van der Waals surface area (Å²) in [6.45, 7) is 2.51. The van der Waals surface area contributed by atoms with Gasteiger partial charge in [-0.25, -0.2) is 0 Å². The number of rotatable bonds is 4. The van der Waals surface area contributed by atoms with Gasteiger partial charge in [0, 0.05) is 19.1 Å². The fourth-order valence-electron chi connectivity index (χ4n) is 2.89. The van der Waals surface area contributed by atoms with E-state index >= 15 is 0 Å². The molecule has 2 aromatic rings. The van der Waals surface area contributed by atoms with Gasteiger partial charge >= 0.3 is 0 Å². The highest BCUT2D eigenvalue weighted by Crippen LogP contribution is 2.40. The molecule has 1 aliphatic heterocycles. The van der Waals surface area contributed by atoms with Crippen LogP contribution in [0.15, 0.2) is 36.4 Å². The summed E-state index contributed by atoms with van der Waals surface area (Å²) in [5, 5.41) is 19.7. The van der Waals surface area contributed by atoms with Crippen molar-refractivity contribution in [1.29, 1.82) is 0 Å². The number of phenols is 2. The Kier molecular flexibility index (Phi) is 4.30. The van der Waals surface area contributed by atoms with Gasteiger partial charge in [-0.2, -0.15) is 0 Å². The Labute approximate surface area is 135 Å². The van der Waals surface area contributed by atoms with E-state index in [9.17, 15) is 10.2 Å². The normalized spacial score (nSPS) is 19.7. The summed E-state index contributed by atoms with van der Waals surface area (Å²) in [6, 6.07) is 10.3. The van der Waals surface area contributed by atoms with Gasteiger partial charge in [0.15, 0.2) is 17.6 Å². The molecule has 5 nitrogen and oxygen atoms in total. The molecule has 0 radical (unpaired) electrons. The predicted molar refractivity (Wildman–Crippen MR) is 85.3 cm³/mol. The zero-order chi connectivity index (χ0) is 16.4. The van der Waals surface area contributed by atoms with Gasteiger partial charge in [-0.1, -0.05) is 12.1 Å². The molecule has 0 saturated heterocycles. The van der Waals surface area contributed by atoms with Crippen molar-refractivity contribution in [2.75, 3.05) is 13.7 Å². The van der Waals surface area contributed by atoms with Gasteiger partial charge in [0.2, 0.25) is 0 Å². The molecule has 5 heteroatoms. The number of methoxy groups -OCH3 is 1. The number of hydrogen-bond acceptors (Lipinski definition) is 5. The Morgan fingerprint density at radius 1 is 1.17 bits per heavy atom. The maximum absolute atomic E-state index is 10.0. The number of phenolic OH excluding ortho intramolecular Hbond substituents is 2. The van der Waals surface area contributed by atoms with Crippen LogP contribution in [-0.2, 0) is 11.2 Å². The van der Waals surface area contributed by atoms with Crippen molar-refractivity contribution in [1.82, 2.24) is 0 Å². The largest absolute Gasteiger partial charge is 0.508 e. The quantitative estimate of drug-likeness (QED) is 0.906. The number of aromatic hydroxyl groups is 2. The van der Waals surface area contributed by atoms with E-state index in [4.69, 9.17) is 14.2 Å². The summed E-state index contributed by atoms with van der Waals surface area (Å²) in [5.41, 5.74) is 1.80. The SMILES string of the molecule is CCO[C@@H]1Cc2ccc(O)cc2O[C@H]1c1ccc(OC)c(O)c1. The van der Waals surface area contributed by atoms with E-state index in [0.29, 0.717) is 24.5 Å². The predicted octanol–water partition coefficient (Wildman–Crippen LogP) is 3.19. The van der Waals surface area contributed by atoms with Crippen molar-refractivity contribution in [3.63, 3.8) is 0 Å². The smallest absolute Gasteiger partial charge is 0.160 e. The van der Waals surface area contributed by atoms with Gasteiger partial charge < -0.3 is 24.4 Å². The summed E-state index contributed by atoms with van der Waals surface area (Å²) < 4.78 is 17.0. The lowest BCUT2D eigenvalue weighted by Crippen LogP contribution is -2.33. The third kappa shape index (κ3) is 3.05. The highest BCUT2D eigenvalue weighted by atomic mass is 16.5. The average Bonchev–Trinajstić information content (AvgIpc) is 2.54. The first-order chi connectivity index (χ1) is 11.1. The van der Waals surface area contributed by atoms with Crippen LogP contribution in [-0.4, -0.2) is 30.0 Å². The lowest BCUT2D eigenvalue weighted by atomic mass is 9.94. The van der Waals surface area contributed by atoms with Crippen molar-refractivity contribution in [2.45, 2.75) is 25.6 Å². The summed E-state index contributed by atoms with van der Waals surface area (Å²) >= 11 is 0. The lowest BCUT2D eigenvalue weighted by molar-refractivity contribution is -0.0326. The molecule has 0 aliphatic carbocycles. The van der Waals surface area contributed by atoms with Gasteiger partial charge in [0.25, 0.3) is 0 Å². The van der Waals surface area contributed by atoms with Gasteiger partial charge in [-0.3, -0.25) is 0 Å². The summed E-state index contributed by atoms with van der Waals surface area (Å²) in [4.78, 5) is 0. The number of benzene rings is 2. The Bertz CT molecular complexity index is 698. The van der Waals surface area contributed by atoms with E-state index in [1.165, 1.54) is 7.11 Å². The number of hydrogen-bond donors (Lipinski definition) is 2. The molecule has 2 N–H and O–H groups in total. The highest BCUT2D eigenvalue weighted by Gasteiger charge is 2.32. The van der Waals surface area contributed by atoms with Gasteiger partial charge in [0.05, 0.1) is 7.11 Å². The third-order valence-electron chi connectivity index (χ3n) is 3.98. The second-order valence-corrected chi connectivity index (χ2v) is 5.46. The fourth-order valence-corrected chi connectivity index (χ4v) is 2.89. The third-order valence-corrected chi connectivity index (χ3v) is 3.98. The van der Waals surface area contributed by atoms with E-state index < -0.39 is 0 Å². The summed E-state index contributed by atoms with van der Waals surface area (Å²) in [5.74, 6) is 1.28. The lowest BCUT2D eigenvalue weighted by Gasteiger charge is -2.33. The van der Waals surface area contributed by atoms with Crippen LogP contribution in [0.4, 0.5) is 0 Å². The summed E-state index contributed by atoms with van der Waals surface area (Å²) in [7, 11) is 1.51. The van der Waals surface area contributed by atoms with Crippen LogP contribution in [0.3, 0.4) is 0 Å². The molecule has 0 amide bonds. The topological polar surface area (TPSA) is 68.2 Å². The van der Waals surface area contributed by atoms with Crippen molar-refractivity contribution in [3.8, 4) is 23.0 Å². The molecule has 122 valence electrons. The Hall–Kier alpha value is -2.40. The van der Waals surface area contributed by atoms with E-state index in [2.05, 4.69) is 0 Å². The molecule has 0 spiro atoms. The Morgan fingerprint density at radius 2 is 2.00 bits per heavy atom.